The number of nitrogens with two attached hydrogens (primary N) is 1. The van der Waals surface area contributed by atoms with Crippen molar-refractivity contribution in [3.05, 3.63) is 29.8 Å². The van der Waals surface area contributed by atoms with Gasteiger partial charge in [-0.2, -0.15) is 0 Å². The summed E-state index contributed by atoms with van der Waals surface area (Å²) in [5, 5.41) is 2.85. The summed E-state index contributed by atoms with van der Waals surface area (Å²) in [5.41, 5.74) is 6.57. The molecule has 0 aliphatic carbocycles. The van der Waals surface area contributed by atoms with Gasteiger partial charge in [0.1, 0.15) is 5.75 Å². The first kappa shape index (κ1) is 16.7. The van der Waals surface area contributed by atoms with Gasteiger partial charge in [0.05, 0.1) is 7.11 Å². The number of benzene rings is 1. The fourth-order valence-electron chi connectivity index (χ4n) is 1.49. The Kier molecular flexibility index (Phi) is 8.16. The van der Waals surface area contributed by atoms with Crippen molar-refractivity contribution in [1.29, 1.82) is 0 Å². The number of rotatable bonds is 6. The highest BCUT2D eigenvalue weighted by Gasteiger charge is 2.05. The van der Waals surface area contributed by atoms with Crippen LogP contribution in [-0.2, 0) is 11.3 Å². The van der Waals surface area contributed by atoms with Crippen molar-refractivity contribution >= 4 is 18.3 Å². The second-order valence-corrected chi connectivity index (χ2v) is 4.10. The third-order valence-electron chi connectivity index (χ3n) is 2.50. The third-order valence-corrected chi connectivity index (χ3v) is 2.50. The van der Waals surface area contributed by atoms with E-state index in [1.807, 2.05) is 31.2 Å². The Morgan fingerprint density at radius 2 is 2.11 bits per heavy atom. The lowest BCUT2D eigenvalue weighted by Gasteiger charge is -2.10. The molecule has 18 heavy (non-hydrogen) atoms. The second-order valence-electron chi connectivity index (χ2n) is 4.10. The van der Waals surface area contributed by atoms with E-state index in [0.717, 1.165) is 11.3 Å². The lowest BCUT2D eigenvalue weighted by atomic mass is 10.1. The smallest absolute Gasteiger partial charge is 0.220 e. The van der Waals surface area contributed by atoms with Crippen LogP contribution < -0.4 is 15.8 Å². The topological polar surface area (TPSA) is 64.3 Å². The molecule has 0 aromatic heterocycles. The molecule has 4 nitrogen and oxygen atoms in total. The SMILES string of the molecule is COc1ccccc1CNC(=O)CCC(C)N.Cl. The van der Waals surface area contributed by atoms with Gasteiger partial charge in [-0.25, -0.2) is 0 Å². The fraction of sp³-hybridized carbons (Fsp3) is 0.462. The molecule has 1 atom stereocenters. The summed E-state index contributed by atoms with van der Waals surface area (Å²) in [6.45, 7) is 2.38. The predicted molar refractivity (Wildman–Crippen MR) is 75.0 cm³/mol. The molecule has 1 unspecified atom stereocenters. The standard InChI is InChI=1S/C13H20N2O2.ClH/c1-10(14)7-8-13(16)15-9-11-5-3-4-6-12(11)17-2;/h3-6,10H,7-9,14H2,1-2H3,(H,15,16);1H. The maximum Gasteiger partial charge on any atom is 0.220 e. The number of amides is 1. The van der Waals surface area contributed by atoms with Crippen LogP contribution in [0.5, 0.6) is 5.75 Å². The highest BCUT2D eigenvalue weighted by atomic mass is 35.5. The number of carbonyl (C=O) groups is 1. The van der Waals surface area contributed by atoms with E-state index in [1.165, 1.54) is 0 Å². The summed E-state index contributed by atoms with van der Waals surface area (Å²) in [6.07, 6.45) is 1.17. The number of carbonyl (C=O) groups excluding carboxylic acids is 1. The summed E-state index contributed by atoms with van der Waals surface area (Å²) in [7, 11) is 1.62. The number of hydrogen-bond acceptors (Lipinski definition) is 3. The Morgan fingerprint density at radius 1 is 1.44 bits per heavy atom. The molecular formula is C13H21ClN2O2. The van der Waals surface area contributed by atoms with Crippen LogP contribution in [0.4, 0.5) is 0 Å². The van der Waals surface area contributed by atoms with Gasteiger partial charge in [0, 0.05) is 24.6 Å². The van der Waals surface area contributed by atoms with Gasteiger partial charge < -0.3 is 15.8 Å². The zero-order valence-electron chi connectivity index (χ0n) is 10.8. The summed E-state index contributed by atoms with van der Waals surface area (Å²) in [5.74, 6) is 0.813. The lowest BCUT2D eigenvalue weighted by molar-refractivity contribution is -0.121. The molecule has 5 heteroatoms. The molecule has 102 valence electrons. The highest BCUT2D eigenvalue weighted by molar-refractivity contribution is 5.85. The van der Waals surface area contributed by atoms with Gasteiger partial charge >= 0.3 is 0 Å². The van der Waals surface area contributed by atoms with Gasteiger partial charge in [0.25, 0.3) is 0 Å². The van der Waals surface area contributed by atoms with E-state index in [0.29, 0.717) is 19.4 Å². The van der Waals surface area contributed by atoms with E-state index in [2.05, 4.69) is 5.32 Å². The monoisotopic (exact) mass is 272 g/mol. The number of para-hydroxylation sites is 1. The molecule has 0 saturated carbocycles. The molecule has 3 N–H and O–H groups in total. The van der Waals surface area contributed by atoms with Crippen molar-refractivity contribution in [1.82, 2.24) is 5.32 Å². The van der Waals surface area contributed by atoms with Gasteiger partial charge in [0.2, 0.25) is 5.91 Å². The average molecular weight is 273 g/mol. The van der Waals surface area contributed by atoms with Crippen molar-refractivity contribution in [2.24, 2.45) is 5.73 Å². The zero-order valence-corrected chi connectivity index (χ0v) is 11.6. The van der Waals surface area contributed by atoms with Crippen LogP contribution in [0, 0.1) is 0 Å². The van der Waals surface area contributed by atoms with Crippen molar-refractivity contribution in [3.63, 3.8) is 0 Å². The third kappa shape index (κ3) is 5.89. The van der Waals surface area contributed by atoms with Crippen LogP contribution >= 0.6 is 12.4 Å². The van der Waals surface area contributed by atoms with Crippen molar-refractivity contribution < 1.29 is 9.53 Å². The molecule has 0 aliphatic rings. The van der Waals surface area contributed by atoms with Crippen LogP contribution in [0.1, 0.15) is 25.3 Å². The highest BCUT2D eigenvalue weighted by Crippen LogP contribution is 2.16. The minimum absolute atomic E-state index is 0. The molecule has 1 aromatic rings. The maximum absolute atomic E-state index is 11.5. The van der Waals surface area contributed by atoms with Crippen molar-refractivity contribution in [2.75, 3.05) is 7.11 Å². The van der Waals surface area contributed by atoms with Crippen LogP contribution in [-0.4, -0.2) is 19.1 Å². The molecule has 0 heterocycles. The molecule has 1 amide bonds. The minimum Gasteiger partial charge on any atom is -0.496 e. The first-order chi connectivity index (χ1) is 8.13. The van der Waals surface area contributed by atoms with Crippen LogP contribution in [0.3, 0.4) is 0 Å². The summed E-state index contributed by atoms with van der Waals surface area (Å²) < 4.78 is 5.20. The van der Waals surface area contributed by atoms with E-state index < -0.39 is 0 Å². The molecule has 0 aliphatic heterocycles. The van der Waals surface area contributed by atoms with Gasteiger partial charge in [-0.15, -0.1) is 12.4 Å². The number of ether oxygens (including phenoxy) is 1. The van der Waals surface area contributed by atoms with Crippen molar-refractivity contribution in [3.8, 4) is 5.75 Å². The first-order valence-electron chi connectivity index (χ1n) is 5.77. The lowest BCUT2D eigenvalue weighted by Crippen LogP contribution is -2.25. The first-order valence-corrected chi connectivity index (χ1v) is 5.77. The predicted octanol–water partition coefficient (Wildman–Crippen LogP) is 1.86. The van der Waals surface area contributed by atoms with Gasteiger partial charge in [0.15, 0.2) is 0 Å². The summed E-state index contributed by atoms with van der Waals surface area (Å²) in [6, 6.07) is 7.70. The van der Waals surface area contributed by atoms with E-state index in [9.17, 15) is 4.79 Å². The second kappa shape index (κ2) is 8.78. The molecule has 0 saturated heterocycles. The molecular weight excluding hydrogens is 252 g/mol. The van der Waals surface area contributed by atoms with Gasteiger partial charge in [-0.1, -0.05) is 18.2 Å². The number of hydrogen-bond donors (Lipinski definition) is 2. The van der Waals surface area contributed by atoms with Gasteiger partial charge in [-0.3, -0.25) is 4.79 Å². The van der Waals surface area contributed by atoms with E-state index >= 15 is 0 Å². The Hall–Kier alpha value is -1.26. The van der Waals surface area contributed by atoms with Crippen molar-refractivity contribution in [2.45, 2.75) is 32.4 Å². The Labute approximate surface area is 114 Å². The average Bonchev–Trinajstić information content (AvgIpc) is 2.34. The van der Waals surface area contributed by atoms with E-state index in [1.54, 1.807) is 7.11 Å². The Bertz CT molecular complexity index is 370. The zero-order chi connectivity index (χ0) is 12.7. The Morgan fingerprint density at radius 3 is 2.72 bits per heavy atom. The number of nitrogens with one attached hydrogen (secondary N) is 1. The molecule has 1 aromatic carbocycles. The number of halogens is 1. The molecule has 0 fully saturated rings. The van der Waals surface area contributed by atoms with Crippen LogP contribution in [0.2, 0.25) is 0 Å². The normalized spacial score (nSPS) is 11.3. The summed E-state index contributed by atoms with van der Waals surface area (Å²) >= 11 is 0. The van der Waals surface area contributed by atoms with E-state index in [4.69, 9.17) is 10.5 Å². The fourth-order valence-corrected chi connectivity index (χ4v) is 1.49. The number of methoxy groups -OCH3 is 1. The van der Waals surface area contributed by atoms with Crippen LogP contribution in [0.15, 0.2) is 24.3 Å². The Balaban J connectivity index is 0.00000289. The van der Waals surface area contributed by atoms with Crippen LogP contribution in [0.25, 0.3) is 0 Å². The minimum atomic E-state index is 0. The molecule has 0 radical (unpaired) electrons. The molecule has 1 rings (SSSR count). The van der Waals surface area contributed by atoms with Gasteiger partial charge in [-0.05, 0) is 19.4 Å². The summed E-state index contributed by atoms with van der Waals surface area (Å²) in [4.78, 5) is 11.5. The quantitative estimate of drug-likeness (QED) is 0.831. The maximum atomic E-state index is 11.5. The molecule has 0 spiro atoms. The largest absolute Gasteiger partial charge is 0.496 e. The van der Waals surface area contributed by atoms with E-state index in [-0.39, 0.29) is 24.4 Å². The molecule has 0 bridgehead atoms.